The number of halogens is 2. The van der Waals surface area contributed by atoms with Crippen molar-refractivity contribution in [2.75, 3.05) is 11.9 Å². The zero-order valence-electron chi connectivity index (χ0n) is 12.2. The lowest BCUT2D eigenvalue weighted by Crippen LogP contribution is -2.10. The molecule has 22 heavy (non-hydrogen) atoms. The molecule has 3 aromatic rings. The molecule has 0 aliphatic rings. The maximum atomic E-state index is 6.02. The highest BCUT2D eigenvalue weighted by molar-refractivity contribution is 6.31. The number of pyridine rings is 1. The number of nitrogens with one attached hydrogen (secondary N) is 1. The smallest absolute Gasteiger partial charge is 0.0737 e. The van der Waals surface area contributed by atoms with Crippen molar-refractivity contribution in [2.45, 2.75) is 12.8 Å². The van der Waals surface area contributed by atoms with Gasteiger partial charge in [0.15, 0.2) is 0 Å². The number of aromatic nitrogens is 1. The maximum absolute atomic E-state index is 6.02. The van der Waals surface area contributed by atoms with Gasteiger partial charge in [-0.05, 0) is 47.9 Å². The second-order valence-corrected chi connectivity index (χ2v) is 6.23. The fourth-order valence-electron chi connectivity index (χ4n) is 2.45. The number of rotatable bonds is 4. The molecule has 1 unspecified atom stereocenters. The average molecular weight is 331 g/mol. The summed E-state index contributed by atoms with van der Waals surface area (Å²) in [4.78, 5) is 4.36. The molecular weight excluding hydrogens is 315 g/mol. The molecule has 1 atom stereocenters. The Balaban J connectivity index is 1.77. The fourth-order valence-corrected chi connectivity index (χ4v) is 2.74. The molecule has 1 aromatic heterocycles. The van der Waals surface area contributed by atoms with Crippen LogP contribution in [0, 0.1) is 0 Å². The van der Waals surface area contributed by atoms with Gasteiger partial charge in [-0.3, -0.25) is 4.98 Å². The highest BCUT2D eigenvalue weighted by Crippen LogP contribution is 2.25. The average Bonchev–Trinajstić information content (AvgIpc) is 2.52. The topological polar surface area (TPSA) is 24.9 Å². The molecule has 2 aromatic carbocycles. The molecular formula is C18H16Cl2N2. The highest BCUT2D eigenvalue weighted by Gasteiger charge is 2.07. The van der Waals surface area contributed by atoms with Gasteiger partial charge < -0.3 is 5.32 Å². The van der Waals surface area contributed by atoms with Crippen LogP contribution in [0.1, 0.15) is 18.4 Å². The molecule has 0 fully saturated rings. The number of fused-ring (bicyclic) bond motifs is 1. The first kappa shape index (κ1) is 15.1. The molecule has 112 valence electrons. The van der Waals surface area contributed by atoms with Gasteiger partial charge in [-0.2, -0.15) is 0 Å². The molecule has 0 saturated carbocycles. The van der Waals surface area contributed by atoms with Gasteiger partial charge in [0.2, 0.25) is 0 Å². The summed E-state index contributed by atoms with van der Waals surface area (Å²) in [5, 5.41) is 6.05. The first-order chi connectivity index (χ1) is 10.6. The summed E-state index contributed by atoms with van der Waals surface area (Å²) < 4.78 is 0. The van der Waals surface area contributed by atoms with Gasteiger partial charge in [-0.15, -0.1) is 0 Å². The van der Waals surface area contributed by atoms with E-state index in [4.69, 9.17) is 23.2 Å². The molecule has 2 nitrogen and oxygen atoms in total. The highest BCUT2D eigenvalue weighted by atomic mass is 35.5. The lowest BCUT2D eigenvalue weighted by molar-refractivity contribution is 0.805. The van der Waals surface area contributed by atoms with Crippen molar-refractivity contribution in [1.29, 1.82) is 0 Å². The molecule has 0 aliphatic carbocycles. The van der Waals surface area contributed by atoms with Crippen LogP contribution in [0.3, 0.4) is 0 Å². The van der Waals surface area contributed by atoms with E-state index in [2.05, 4.69) is 29.4 Å². The van der Waals surface area contributed by atoms with Crippen molar-refractivity contribution >= 4 is 39.8 Å². The predicted molar refractivity (Wildman–Crippen MR) is 95.1 cm³/mol. The van der Waals surface area contributed by atoms with E-state index >= 15 is 0 Å². The van der Waals surface area contributed by atoms with Gasteiger partial charge in [0, 0.05) is 33.9 Å². The first-order valence-corrected chi connectivity index (χ1v) is 7.92. The SMILES string of the molecule is CC(CNc1ccnc2cc(Cl)ccc12)c1ccc(Cl)cc1. The Labute approximate surface area is 140 Å². The second-order valence-electron chi connectivity index (χ2n) is 5.35. The summed E-state index contributed by atoms with van der Waals surface area (Å²) >= 11 is 12.0. The van der Waals surface area contributed by atoms with Gasteiger partial charge in [-0.1, -0.05) is 42.3 Å². The Morgan fingerprint density at radius 2 is 1.73 bits per heavy atom. The van der Waals surface area contributed by atoms with Crippen molar-refractivity contribution in [3.8, 4) is 0 Å². The summed E-state index contributed by atoms with van der Waals surface area (Å²) in [6.07, 6.45) is 1.80. The van der Waals surface area contributed by atoms with Crippen LogP contribution < -0.4 is 5.32 Å². The number of nitrogens with zero attached hydrogens (tertiary/aromatic N) is 1. The summed E-state index contributed by atoms with van der Waals surface area (Å²) in [6.45, 7) is 3.03. The normalized spacial score (nSPS) is 12.3. The van der Waals surface area contributed by atoms with E-state index in [-0.39, 0.29) is 0 Å². The molecule has 0 saturated heterocycles. The van der Waals surface area contributed by atoms with E-state index in [1.54, 1.807) is 6.20 Å². The Kier molecular flexibility index (Phi) is 4.51. The monoisotopic (exact) mass is 330 g/mol. The summed E-state index contributed by atoms with van der Waals surface area (Å²) in [7, 11) is 0. The van der Waals surface area contributed by atoms with Crippen LogP contribution in [0.4, 0.5) is 5.69 Å². The van der Waals surface area contributed by atoms with Crippen molar-refractivity contribution in [2.24, 2.45) is 0 Å². The van der Waals surface area contributed by atoms with Crippen LogP contribution in [-0.4, -0.2) is 11.5 Å². The zero-order valence-corrected chi connectivity index (χ0v) is 13.7. The van der Waals surface area contributed by atoms with Gasteiger partial charge in [0.1, 0.15) is 0 Å². The standard InChI is InChI=1S/C18H16Cl2N2/c1-12(13-2-4-14(19)5-3-13)11-22-17-8-9-21-18-10-15(20)6-7-16(17)18/h2-10,12H,11H2,1H3,(H,21,22). The van der Waals surface area contributed by atoms with Crippen LogP contribution >= 0.6 is 23.2 Å². The molecule has 4 heteroatoms. The zero-order chi connectivity index (χ0) is 15.5. The van der Waals surface area contributed by atoms with E-state index in [0.717, 1.165) is 28.2 Å². The van der Waals surface area contributed by atoms with Crippen LogP contribution in [0.25, 0.3) is 10.9 Å². The van der Waals surface area contributed by atoms with E-state index in [9.17, 15) is 0 Å². The van der Waals surface area contributed by atoms with Crippen LogP contribution in [0.15, 0.2) is 54.7 Å². The third kappa shape index (κ3) is 3.34. The van der Waals surface area contributed by atoms with E-state index < -0.39 is 0 Å². The predicted octanol–water partition coefficient (Wildman–Crippen LogP) is 5.76. The van der Waals surface area contributed by atoms with Crippen molar-refractivity contribution in [3.63, 3.8) is 0 Å². The lowest BCUT2D eigenvalue weighted by Gasteiger charge is -2.15. The first-order valence-electron chi connectivity index (χ1n) is 7.17. The number of anilines is 1. The molecule has 0 amide bonds. The summed E-state index contributed by atoms with van der Waals surface area (Å²) in [5.74, 6) is 0.382. The molecule has 0 spiro atoms. The Hall–Kier alpha value is -1.77. The fraction of sp³-hybridized carbons (Fsp3) is 0.167. The third-order valence-corrected chi connectivity index (χ3v) is 4.23. The second kappa shape index (κ2) is 6.55. The maximum Gasteiger partial charge on any atom is 0.0737 e. The molecule has 1 heterocycles. The lowest BCUT2D eigenvalue weighted by atomic mass is 10.0. The molecule has 0 bridgehead atoms. The van der Waals surface area contributed by atoms with E-state index in [1.165, 1.54) is 5.56 Å². The van der Waals surface area contributed by atoms with Gasteiger partial charge in [-0.25, -0.2) is 0 Å². The molecule has 0 radical (unpaired) electrons. The van der Waals surface area contributed by atoms with Gasteiger partial charge in [0.25, 0.3) is 0 Å². The van der Waals surface area contributed by atoms with Crippen molar-refractivity contribution < 1.29 is 0 Å². The molecule has 1 N–H and O–H groups in total. The van der Waals surface area contributed by atoms with E-state index in [1.807, 2.05) is 36.4 Å². The Bertz CT molecular complexity index is 785. The number of hydrogen-bond acceptors (Lipinski definition) is 2. The molecule has 3 rings (SSSR count). The minimum Gasteiger partial charge on any atom is -0.384 e. The molecule has 0 aliphatic heterocycles. The largest absolute Gasteiger partial charge is 0.384 e. The van der Waals surface area contributed by atoms with Crippen molar-refractivity contribution in [3.05, 3.63) is 70.3 Å². The minimum absolute atomic E-state index is 0.382. The van der Waals surface area contributed by atoms with Gasteiger partial charge >= 0.3 is 0 Å². The van der Waals surface area contributed by atoms with Gasteiger partial charge in [0.05, 0.1) is 5.52 Å². The van der Waals surface area contributed by atoms with E-state index in [0.29, 0.717) is 10.9 Å². The summed E-state index contributed by atoms with van der Waals surface area (Å²) in [6, 6.07) is 15.8. The third-order valence-electron chi connectivity index (χ3n) is 3.74. The minimum atomic E-state index is 0.382. The van der Waals surface area contributed by atoms with Crippen LogP contribution in [-0.2, 0) is 0 Å². The Morgan fingerprint density at radius 1 is 1.00 bits per heavy atom. The number of hydrogen-bond donors (Lipinski definition) is 1. The van der Waals surface area contributed by atoms with Crippen LogP contribution in [0.2, 0.25) is 10.0 Å². The number of benzene rings is 2. The quantitative estimate of drug-likeness (QED) is 0.658. The van der Waals surface area contributed by atoms with Crippen LogP contribution in [0.5, 0.6) is 0 Å². The Morgan fingerprint density at radius 3 is 2.50 bits per heavy atom. The van der Waals surface area contributed by atoms with Crippen molar-refractivity contribution in [1.82, 2.24) is 4.98 Å². The summed E-state index contributed by atoms with van der Waals surface area (Å²) in [5.41, 5.74) is 3.23.